The predicted molar refractivity (Wildman–Crippen MR) is 93.3 cm³/mol. The molecule has 2 aromatic rings. The predicted octanol–water partition coefficient (Wildman–Crippen LogP) is 4.48. The number of nitrogens with two attached hydrogens (primary N) is 1. The first-order valence-electron chi connectivity index (χ1n) is 6.43. The van der Waals surface area contributed by atoms with E-state index in [2.05, 4.69) is 43.8 Å². The summed E-state index contributed by atoms with van der Waals surface area (Å²) < 4.78 is 6.57. The molecule has 6 heteroatoms. The molecule has 0 saturated carbocycles. The third-order valence-electron chi connectivity index (χ3n) is 3.03. The molecule has 3 N–H and O–H groups in total. The number of fused-ring (bicyclic) bond motifs is 1. The molecule has 1 atom stereocenters. The number of hydrogen-bond acceptors (Lipinski definition) is 3. The van der Waals surface area contributed by atoms with Crippen LogP contribution in [0, 0.1) is 5.92 Å². The van der Waals surface area contributed by atoms with Gasteiger partial charge < -0.3 is 15.5 Å². The van der Waals surface area contributed by atoms with E-state index in [0.29, 0.717) is 17.0 Å². The van der Waals surface area contributed by atoms with Gasteiger partial charge in [0, 0.05) is 9.86 Å². The Kier molecular flexibility index (Phi) is 4.78. The number of carbonyl (C=O) groups excluding carboxylic acids is 1. The SMILES string of the molecule is C=C(N)c1oc2ccc(Br)cc2c1NC(=O)C(Br)C(C)C. The smallest absolute Gasteiger partial charge is 0.238 e. The van der Waals surface area contributed by atoms with E-state index < -0.39 is 0 Å². The molecule has 1 amide bonds. The Balaban J connectivity index is 2.50. The lowest BCUT2D eigenvalue weighted by atomic mass is 10.1. The molecule has 21 heavy (non-hydrogen) atoms. The quantitative estimate of drug-likeness (QED) is 0.723. The van der Waals surface area contributed by atoms with Crippen molar-refractivity contribution in [3.63, 3.8) is 0 Å². The monoisotopic (exact) mass is 414 g/mol. The number of hydrogen-bond donors (Lipinski definition) is 2. The van der Waals surface area contributed by atoms with Crippen LogP contribution >= 0.6 is 31.9 Å². The maximum atomic E-state index is 12.3. The lowest BCUT2D eigenvalue weighted by Gasteiger charge is -2.14. The zero-order chi connectivity index (χ0) is 15.7. The first-order chi connectivity index (χ1) is 9.81. The van der Waals surface area contributed by atoms with E-state index >= 15 is 0 Å². The van der Waals surface area contributed by atoms with Crippen LogP contribution in [-0.2, 0) is 4.79 Å². The first kappa shape index (κ1) is 16.1. The Morgan fingerprint density at radius 2 is 2.10 bits per heavy atom. The van der Waals surface area contributed by atoms with Gasteiger partial charge in [-0.05, 0) is 24.1 Å². The maximum absolute atomic E-state index is 12.3. The van der Waals surface area contributed by atoms with Crippen LogP contribution in [0.1, 0.15) is 19.6 Å². The number of furan rings is 1. The highest BCUT2D eigenvalue weighted by atomic mass is 79.9. The average Bonchev–Trinajstić information content (AvgIpc) is 2.76. The lowest BCUT2D eigenvalue weighted by molar-refractivity contribution is -0.116. The lowest BCUT2D eigenvalue weighted by Crippen LogP contribution is -2.27. The highest BCUT2D eigenvalue weighted by molar-refractivity contribution is 9.10. The number of benzene rings is 1. The molecule has 1 unspecified atom stereocenters. The fraction of sp³-hybridized carbons (Fsp3) is 0.267. The summed E-state index contributed by atoms with van der Waals surface area (Å²) in [6.07, 6.45) is 0. The Bertz CT molecular complexity index is 707. The standard InChI is InChI=1S/C15H16Br2N2O2/c1-7(2)12(17)15(20)19-13-10-6-9(16)4-5-11(10)21-14(13)8(3)18/h4-7,12H,3,18H2,1-2H3,(H,19,20). The van der Waals surface area contributed by atoms with E-state index in [-0.39, 0.29) is 22.3 Å². The second-order valence-corrected chi connectivity index (χ2v) is 7.01. The number of rotatable bonds is 4. The minimum Gasteiger partial charge on any atom is -0.452 e. The van der Waals surface area contributed by atoms with Crippen LogP contribution in [0.15, 0.2) is 33.7 Å². The third-order valence-corrected chi connectivity index (χ3v) is 4.99. The normalized spacial score (nSPS) is 12.6. The van der Waals surface area contributed by atoms with Crippen molar-refractivity contribution >= 4 is 60.1 Å². The van der Waals surface area contributed by atoms with Crippen LogP contribution < -0.4 is 11.1 Å². The fourth-order valence-electron chi connectivity index (χ4n) is 1.91. The van der Waals surface area contributed by atoms with E-state index in [0.717, 1.165) is 9.86 Å². The Hall–Kier alpha value is -1.27. The summed E-state index contributed by atoms with van der Waals surface area (Å²) >= 11 is 6.80. The molecule has 4 nitrogen and oxygen atoms in total. The molecule has 0 spiro atoms. The molecule has 0 fully saturated rings. The van der Waals surface area contributed by atoms with Crippen molar-refractivity contribution < 1.29 is 9.21 Å². The zero-order valence-corrected chi connectivity index (χ0v) is 14.9. The highest BCUT2D eigenvalue weighted by Gasteiger charge is 2.23. The number of amides is 1. The Morgan fingerprint density at radius 3 is 2.67 bits per heavy atom. The second kappa shape index (κ2) is 6.23. The topological polar surface area (TPSA) is 68.3 Å². The third kappa shape index (κ3) is 3.32. The number of carbonyl (C=O) groups is 1. The maximum Gasteiger partial charge on any atom is 0.238 e. The number of anilines is 1. The Labute approximate surface area is 140 Å². The van der Waals surface area contributed by atoms with Crippen LogP contribution in [-0.4, -0.2) is 10.7 Å². The average molecular weight is 416 g/mol. The minimum atomic E-state index is -0.298. The molecule has 112 valence electrons. The van der Waals surface area contributed by atoms with Crippen LogP contribution in [0.2, 0.25) is 0 Å². The van der Waals surface area contributed by atoms with Crippen LogP contribution in [0.25, 0.3) is 16.7 Å². The van der Waals surface area contributed by atoms with Crippen LogP contribution in [0.4, 0.5) is 5.69 Å². The van der Waals surface area contributed by atoms with Crippen LogP contribution in [0.3, 0.4) is 0 Å². The largest absolute Gasteiger partial charge is 0.452 e. The molecule has 0 saturated heterocycles. The molecule has 0 radical (unpaired) electrons. The van der Waals surface area contributed by atoms with Crippen molar-refractivity contribution in [1.82, 2.24) is 0 Å². The summed E-state index contributed by atoms with van der Waals surface area (Å²) in [5.41, 5.74) is 7.23. The fourth-order valence-corrected chi connectivity index (χ4v) is 2.39. The van der Waals surface area contributed by atoms with Crippen molar-refractivity contribution in [2.24, 2.45) is 11.7 Å². The van der Waals surface area contributed by atoms with Gasteiger partial charge in [0.1, 0.15) is 5.58 Å². The molecule has 0 aliphatic carbocycles. The molecule has 1 aromatic carbocycles. The summed E-state index contributed by atoms with van der Waals surface area (Å²) in [6.45, 7) is 7.63. The van der Waals surface area contributed by atoms with Crippen molar-refractivity contribution in [1.29, 1.82) is 0 Å². The van der Waals surface area contributed by atoms with Gasteiger partial charge in [0.05, 0.1) is 16.2 Å². The first-order valence-corrected chi connectivity index (χ1v) is 8.14. The molecule has 0 bridgehead atoms. The summed E-state index contributed by atoms with van der Waals surface area (Å²) in [5.74, 6) is 0.412. The van der Waals surface area contributed by atoms with E-state index in [1.165, 1.54) is 0 Å². The molecule has 1 heterocycles. The number of halogens is 2. The van der Waals surface area contributed by atoms with Gasteiger partial charge in [-0.2, -0.15) is 0 Å². The molecule has 0 aliphatic heterocycles. The van der Waals surface area contributed by atoms with Crippen molar-refractivity contribution in [3.05, 3.63) is 35.0 Å². The highest BCUT2D eigenvalue weighted by Crippen LogP contribution is 2.35. The summed E-state index contributed by atoms with van der Waals surface area (Å²) in [4.78, 5) is 12.0. The zero-order valence-electron chi connectivity index (χ0n) is 11.7. The van der Waals surface area contributed by atoms with Crippen molar-refractivity contribution in [3.8, 4) is 0 Å². The second-order valence-electron chi connectivity index (χ2n) is 5.11. The molecule has 1 aromatic heterocycles. The van der Waals surface area contributed by atoms with Gasteiger partial charge in [-0.25, -0.2) is 0 Å². The van der Waals surface area contributed by atoms with Crippen LogP contribution in [0.5, 0.6) is 0 Å². The molecular formula is C15H16Br2N2O2. The summed E-state index contributed by atoms with van der Waals surface area (Å²) in [6, 6.07) is 5.55. The van der Waals surface area contributed by atoms with Gasteiger partial charge in [-0.3, -0.25) is 4.79 Å². The van der Waals surface area contributed by atoms with Gasteiger partial charge in [-0.1, -0.05) is 52.3 Å². The van der Waals surface area contributed by atoms with E-state index in [9.17, 15) is 4.79 Å². The van der Waals surface area contributed by atoms with Gasteiger partial charge in [0.2, 0.25) is 5.91 Å². The van der Waals surface area contributed by atoms with E-state index in [4.69, 9.17) is 10.2 Å². The molecule has 0 aliphatic rings. The van der Waals surface area contributed by atoms with Gasteiger partial charge in [0.25, 0.3) is 0 Å². The number of alkyl halides is 1. The number of nitrogens with one attached hydrogen (secondary N) is 1. The summed E-state index contributed by atoms with van der Waals surface area (Å²) in [7, 11) is 0. The Morgan fingerprint density at radius 1 is 1.43 bits per heavy atom. The van der Waals surface area contributed by atoms with Crippen molar-refractivity contribution in [2.45, 2.75) is 18.7 Å². The van der Waals surface area contributed by atoms with Gasteiger partial charge >= 0.3 is 0 Å². The minimum absolute atomic E-state index is 0.143. The van der Waals surface area contributed by atoms with E-state index in [1.807, 2.05) is 32.0 Å². The van der Waals surface area contributed by atoms with Gasteiger partial charge in [0.15, 0.2) is 5.76 Å². The summed E-state index contributed by atoms with van der Waals surface area (Å²) in [5, 5.41) is 3.66. The molecular weight excluding hydrogens is 400 g/mol. The van der Waals surface area contributed by atoms with Gasteiger partial charge in [-0.15, -0.1) is 0 Å². The van der Waals surface area contributed by atoms with E-state index in [1.54, 1.807) is 0 Å². The van der Waals surface area contributed by atoms with Crippen molar-refractivity contribution in [2.75, 3.05) is 5.32 Å². The molecule has 2 rings (SSSR count).